The average molecular weight is 290 g/mol. The Morgan fingerprint density at radius 2 is 2.25 bits per heavy atom. The molecule has 106 valence electrons. The van der Waals surface area contributed by atoms with Crippen LogP contribution in [0.3, 0.4) is 0 Å². The minimum Gasteiger partial charge on any atom is -0.548 e. The van der Waals surface area contributed by atoms with E-state index in [-0.39, 0.29) is 0 Å². The normalized spacial score (nSPS) is 12.3. The molecule has 1 aromatic heterocycles. The van der Waals surface area contributed by atoms with E-state index in [2.05, 4.69) is 15.3 Å². The fourth-order valence-corrected chi connectivity index (χ4v) is 2.41. The lowest BCUT2D eigenvalue weighted by atomic mass is 10.1. The van der Waals surface area contributed by atoms with Gasteiger partial charge >= 0.3 is 0 Å². The zero-order valence-electron chi connectivity index (χ0n) is 11.4. The fourth-order valence-electron chi connectivity index (χ4n) is 1.94. The molecule has 1 heterocycles. The maximum Gasteiger partial charge on any atom is 0.137 e. The highest BCUT2D eigenvalue weighted by atomic mass is 32.2. The van der Waals surface area contributed by atoms with Gasteiger partial charge in [-0.2, -0.15) is 11.8 Å². The average Bonchev–Trinajstić information content (AvgIpc) is 2.43. The van der Waals surface area contributed by atoms with Crippen LogP contribution in [0.4, 0.5) is 5.82 Å². The van der Waals surface area contributed by atoms with Gasteiger partial charge in [-0.25, -0.2) is 9.97 Å². The van der Waals surface area contributed by atoms with Crippen molar-refractivity contribution in [2.24, 2.45) is 0 Å². The molecule has 0 fully saturated rings. The number of hydrogen-bond donors (Lipinski definition) is 1. The predicted octanol–water partition coefficient (Wildman–Crippen LogP) is 1.22. The first kappa shape index (κ1) is 14.6. The third-order valence-corrected chi connectivity index (χ3v) is 3.64. The zero-order chi connectivity index (χ0) is 14.5. The quantitative estimate of drug-likeness (QED) is 0.862. The van der Waals surface area contributed by atoms with E-state index in [1.807, 2.05) is 31.4 Å². The lowest BCUT2D eigenvalue weighted by molar-refractivity contribution is -0.306. The zero-order valence-corrected chi connectivity index (χ0v) is 12.2. The Morgan fingerprint density at radius 1 is 1.45 bits per heavy atom. The highest BCUT2D eigenvalue weighted by Crippen LogP contribution is 2.21. The molecule has 1 aromatic carbocycles. The third kappa shape index (κ3) is 3.39. The third-order valence-electron chi connectivity index (χ3n) is 3.00. The van der Waals surface area contributed by atoms with Crippen molar-refractivity contribution in [2.45, 2.75) is 19.4 Å². The lowest BCUT2D eigenvalue weighted by Crippen LogP contribution is -2.41. The van der Waals surface area contributed by atoms with E-state index in [9.17, 15) is 9.90 Å². The number of thioether (sulfide) groups is 1. The highest BCUT2D eigenvalue weighted by Gasteiger charge is 2.12. The summed E-state index contributed by atoms with van der Waals surface area (Å²) in [6, 6.07) is 5.05. The summed E-state index contributed by atoms with van der Waals surface area (Å²) in [5.74, 6) is 0.167. The molecule has 0 saturated carbocycles. The molecule has 2 aromatic rings. The van der Waals surface area contributed by atoms with Crippen LogP contribution in [-0.2, 0) is 4.79 Å². The molecule has 20 heavy (non-hydrogen) atoms. The number of aryl methyl sites for hydroxylation is 1. The van der Waals surface area contributed by atoms with Crippen LogP contribution in [-0.4, -0.2) is 34.0 Å². The molecule has 0 spiro atoms. The molecular weight excluding hydrogens is 274 g/mol. The number of hydrogen-bond acceptors (Lipinski definition) is 6. The minimum absolute atomic E-state index is 0.487. The Balaban J connectivity index is 2.31. The molecule has 0 unspecified atom stereocenters. The van der Waals surface area contributed by atoms with Crippen LogP contribution < -0.4 is 10.4 Å². The van der Waals surface area contributed by atoms with Crippen LogP contribution in [0.15, 0.2) is 24.5 Å². The highest BCUT2D eigenvalue weighted by molar-refractivity contribution is 7.98. The molecule has 0 radical (unpaired) electrons. The number of nitrogens with zero attached hydrogens (tertiary/aromatic N) is 2. The van der Waals surface area contributed by atoms with Gasteiger partial charge in [-0.1, -0.05) is 11.6 Å². The Morgan fingerprint density at radius 3 is 2.95 bits per heavy atom. The van der Waals surface area contributed by atoms with Crippen molar-refractivity contribution in [3.8, 4) is 0 Å². The first-order valence-electron chi connectivity index (χ1n) is 6.29. The molecule has 2 rings (SSSR count). The number of carboxylic acids is 1. The molecule has 6 heteroatoms. The van der Waals surface area contributed by atoms with Crippen molar-refractivity contribution < 1.29 is 9.90 Å². The number of benzene rings is 1. The fraction of sp³-hybridized carbons (Fsp3) is 0.357. The summed E-state index contributed by atoms with van der Waals surface area (Å²) in [5, 5.41) is 15.0. The summed E-state index contributed by atoms with van der Waals surface area (Å²) in [4.78, 5) is 19.5. The standard InChI is InChI=1S/C14H17N3O2S/c1-9-3-4-11-10(7-9)13(16-8-15-11)17-12(14(18)19)5-6-20-2/h3-4,7-8,12H,5-6H2,1-2H3,(H,18,19)(H,15,16,17)/p-1/t12-/m1/s1. The number of aromatic nitrogens is 2. The monoisotopic (exact) mass is 290 g/mol. The number of carboxylic acid groups (broad SMARTS) is 1. The largest absolute Gasteiger partial charge is 0.548 e. The summed E-state index contributed by atoms with van der Waals surface area (Å²) in [7, 11) is 0. The number of fused-ring (bicyclic) bond motifs is 1. The van der Waals surface area contributed by atoms with Crippen molar-refractivity contribution in [1.82, 2.24) is 9.97 Å². The van der Waals surface area contributed by atoms with E-state index in [1.165, 1.54) is 6.33 Å². The van der Waals surface area contributed by atoms with Crippen molar-refractivity contribution in [2.75, 3.05) is 17.3 Å². The van der Waals surface area contributed by atoms with Crippen molar-refractivity contribution >= 4 is 34.5 Å². The lowest BCUT2D eigenvalue weighted by Gasteiger charge is -2.20. The predicted molar refractivity (Wildman–Crippen MR) is 79.7 cm³/mol. The Kier molecular flexibility index (Phi) is 4.79. The van der Waals surface area contributed by atoms with Gasteiger partial charge in [-0.05, 0) is 37.5 Å². The first-order valence-corrected chi connectivity index (χ1v) is 7.69. The summed E-state index contributed by atoms with van der Waals surface area (Å²) in [6.45, 7) is 1.97. The van der Waals surface area contributed by atoms with Gasteiger partial charge in [0.15, 0.2) is 0 Å². The first-order chi connectivity index (χ1) is 9.61. The minimum atomic E-state index is -1.11. The van der Waals surface area contributed by atoms with Crippen molar-refractivity contribution in [3.05, 3.63) is 30.1 Å². The number of nitrogens with one attached hydrogen (secondary N) is 1. The summed E-state index contributed by atoms with van der Waals surface area (Å²) in [5.41, 5.74) is 1.86. The second-order valence-corrected chi connectivity index (χ2v) is 5.53. The number of rotatable bonds is 6. The van der Waals surface area contributed by atoms with E-state index in [0.717, 1.165) is 22.2 Å². The summed E-state index contributed by atoms with van der Waals surface area (Å²) < 4.78 is 0. The van der Waals surface area contributed by atoms with E-state index >= 15 is 0 Å². The number of carbonyl (C=O) groups excluding carboxylic acids is 1. The molecule has 0 saturated heterocycles. The Labute approximate surface area is 121 Å². The molecule has 1 atom stereocenters. The molecular formula is C14H16N3O2S-. The number of aliphatic carboxylic acids is 1. The SMILES string of the molecule is CSCC[C@@H](Nc1ncnc2ccc(C)cc12)C(=O)[O-]. The smallest absolute Gasteiger partial charge is 0.137 e. The Hall–Kier alpha value is -1.82. The Bertz CT molecular complexity index is 618. The van der Waals surface area contributed by atoms with E-state index in [1.54, 1.807) is 11.8 Å². The van der Waals surface area contributed by atoms with Crippen LogP contribution in [0.2, 0.25) is 0 Å². The van der Waals surface area contributed by atoms with E-state index in [4.69, 9.17) is 0 Å². The van der Waals surface area contributed by atoms with Crippen molar-refractivity contribution in [3.63, 3.8) is 0 Å². The van der Waals surface area contributed by atoms with Gasteiger partial charge in [0.1, 0.15) is 12.1 Å². The van der Waals surface area contributed by atoms with Gasteiger partial charge in [-0.15, -0.1) is 0 Å². The van der Waals surface area contributed by atoms with E-state index in [0.29, 0.717) is 12.2 Å². The summed E-state index contributed by atoms with van der Waals surface area (Å²) >= 11 is 1.60. The van der Waals surface area contributed by atoms with Crippen LogP contribution in [0, 0.1) is 6.92 Å². The van der Waals surface area contributed by atoms with Crippen LogP contribution in [0.5, 0.6) is 0 Å². The molecule has 0 aliphatic rings. The van der Waals surface area contributed by atoms with E-state index < -0.39 is 12.0 Å². The van der Waals surface area contributed by atoms with Gasteiger partial charge in [0.05, 0.1) is 17.5 Å². The van der Waals surface area contributed by atoms with Crippen LogP contribution in [0.25, 0.3) is 10.9 Å². The van der Waals surface area contributed by atoms with Gasteiger partial charge in [0, 0.05) is 5.39 Å². The maximum absolute atomic E-state index is 11.2. The molecule has 0 bridgehead atoms. The summed E-state index contributed by atoms with van der Waals surface area (Å²) in [6.07, 6.45) is 3.86. The molecule has 0 aliphatic carbocycles. The number of anilines is 1. The second-order valence-electron chi connectivity index (χ2n) is 4.54. The van der Waals surface area contributed by atoms with Gasteiger partial charge < -0.3 is 15.2 Å². The number of carbonyl (C=O) groups is 1. The molecule has 5 nitrogen and oxygen atoms in total. The maximum atomic E-state index is 11.2. The molecule has 0 aliphatic heterocycles. The molecule has 1 N–H and O–H groups in total. The molecule has 0 amide bonds. The van der Waals surface area contributed by atoms with Crippen molar-refractivity contribution in [1.29, 1.82) is 0 Å². The van der Waals surface area contributed by atoms with Gasteiger partial charge in [-0.3, -0.25) is 0 Å². The van der Waals surface area contributed by atoms with Crippen LogP contribution >= 0.6 is 11.8 Å². The second kappa shape index (κ2) is 6.56. The van der Waals surface area contributed by atoms with Crippen LogP contribution in [0.1, 0.15) is 12.0 Å². The van der Waals surface area contributed by atoms with Gasteiger partial charge in [0.2, 0.25) is 0 Å². The van der Waals surface area contributed by atoms with Gasteiger partial charge in [0.25, 0.3) is 0 Å². The topological polar surface area (TPSA) is 77.9 Å².